The van der Waals surface area contributed by atoms with Gasteiger partial charge in [0.25, 0.3) is 0 Å². The lowest BCUT2D eigenvalue weighted by Gasteiger charge is -2.20. The van der Waals surface area contributed by atoms with Gasteiger partial charge in [0.2, 0.25) is 5.82 Å². The fourth-order valence-corrected chi connectivity index (χ4v) is 2.00. The molecule has 2 heterocycles. The zero-order chi connectivity index (χ0) is 17.1. The second kappa shape index (κ2) is 6.25. The van der Waals surface area contributed by atoms with E-state index in [1.165, 1.54) is 18.3 Å². The van der Waals surface area contributed by atoms with Crippen LogP contribution < -0.4 is 10.2 Å². The Kier molecular flexibility index (Phi) is 4.39. The first-order chi connectivity index (χ1) is 10.8. The zero-order valence-corrected chi connectivity index (χ0v) is 12.7. The molecule has 0 aliphatic heterocycles. The van der Waals surface area contributed by atoms with Crippen molar-refractivity contribution >= 4 is 23.3 Å². The molecule has 23 heavy (non-hydrogen) atoms. The summed E-state index contributed by atoms with van der Waals surface area (Å²) < 4.78 is 1.68. The maximum atomic E-state index is 11.4. The number of nitrogens with one attached hydrogen (secondary N) is 1. The number of carboxylic acids is 1. The number of hydrogen-bond donors (Lipinski definition) is 2. The van der Waals surface area contributed by atoms with E-state index in [0.29, 0.717) is 5.82 Å². The van der Waals surface area contributed by atoms with Gasteiger partial charge in [-0.25, -0.2) is 9.78 Å². The molecule has 2 aromatic heterocycles. The Bertz CT molecular complexity index is 758. The summed E-state index contributed by atoms with van der Waals surface area (Å²) in [4.78, 5) is 27.4. The highest BCUT2D eigenvalue weighted by Crippen LogP contribution is 2.29. The van der Waals surface area contributed by atoms with Crippen molar-refractivity contribution in [2.24, 2.45) is 7.05 Å². The molecule has 0 saturated heterocycles. The smallest absolute Gasteiger partial charge is 0.339 e. The molecular formula is C12H15N7O4. The molecule has 0 atom stereocenters. The Balaban J connectivity index is 2.49. The van der Waals surface area contributed by atoms with E-state index in [4.69, 9.17) is 0 Å². The number of carboxylic acid groups (broad SMARTS) is 1. The summed E-state index contributed by atoms with van der Waals surface area (Å²) in [6.45, 7) is 0.241. The van der Waals surface area contributed by atoms with Crippen molar-refractivity contribution in [2.75, 3.05) is 24.3 Å². The molecule has 0 saturated carbocycles. The van der Waals surface area contributed by atoms with Crippen LogP contribution >= 0.6 is 0 Å². The standard InChI is InChI=1S/C12H15N7O4/c1-13-10-8(19(22)23)4-7(12(20)21)11(15-10)17(2)5-9-16-14-6-18(9)3/h4,6H,5H2,1-3H3,(H,13,15)(H,20,21). The summed E-state index contributed by atoms with van der Waals surface area (Å²) in [7, 11) is 4.85. The molecule has 0 fully saturated rings. The quantitative estimate of drug-likeness (QED) is 0.574. The number of rotatable bonds is 6. The highest BCUT2D eigenvalue weighted by atomic mass is 16.6. The lowest BCUT2D eigenvalue weighted by molar-refractivity contribution is -0.384. The van der Waals surface area contributed by atoms with E-state index in [2.05, 4.69) is 20.5 Å². The minimum Gasteiger partial charge on any atom is -0.478 e. The minimum atomic E-state index is -1.30. The Morgan fingerprint density at radius 1 is 1.57 bits per heavy atom. The summed E-state index contributed by atoms with van der Waals surface area (Å²) >= 11 is 0. The second-order valence-electron chi connectivity index (χ2n) is 4.75. The van der Waals surface area contributed by atoms with E-state index >= 15 is 0 Å². The van der Waals surface area contributed by atoms with Gasteiger partial charge in [0.1, 0.15) is 17.7 Å². The first-order valence-corrected chi connectivity index (χ1v) is 6.49. The number of pyridine rings is 1. The zero-order valence-electron chi connectivity index (χ0n) is 12.7. The summed E-state index contributed by atoms with van der Waals surface area (Å²) in [5, 5.41) is 30.6. The van der Waals surface area contributed by atoms with Gasteiger partial charge in [0.15, 0.2) is 5.82 Å². The van der Waals surface area contributed by atoms with Gasteiger partial charge < -0.3 is 19.9 Å². The van der Waals surface area contributed by atoms with Gasteiger partial charge in [0.05, 0.1) is 11.5 Å². The van der Waals surface area contributed by atoms with Gasteiger partial charge in [-0.3, -0.25) is 10.1 Å². The number of nitrogens with zero attached hydrogens (tertiary/aromatic N) is 6. The molecule has 0 bridgehead atoms. The predicted molar refractivity (Wildman–Crippen MR) is 80.5 cm³/mol. The topological polar surface area (TPSA) is 139 Å². The molecule has 122 valence electrons. The Morgan fingerprint density at radius 2 is 2.26 bits per heavy atom. The van der Waals surface area contributed by atoms with Crippen LogP contribution in [0.5, 0.6) is 0 Å². The molecule has 2 aromatic rings. The van der Waals surface area contributed by atoms with E-state index in [0.717, 1.165) is 6.07 Å². The van der Waals surface area contributed by atoms with Crippen molar-refractivity contribution in [1.29, 1.82) is 0 Å². The molecule has 2 N–H and O–H groups in total. The molecule has 0 amide bonds. The van der Waals surface area contributed by atoms with Gasteiger partial charge in [0, 0.05) is 27.2 Å². The molecule has 0 spiro atoms. The van der Waals surface area contributed by atoms with E-state index in [9.17, 15) is 20.0 Å². The van der Waals surface area contributed by atoms with Gasteiger partial charge in [-0.1, -0.05) is 0 Å². The van der Waals surface area contributed by atoms with Crippen LogP contribution in [0, 0.1) is 10.1 Å². The first kappa shape index (κ1) is 16.1. The third-order valence-electron chi connectivity index (χ3n) is 3.19. The number of hydrogen-bond acceptors (Lipinski definition) is 8. The van der Waals surface area contributed by atoms with Gasteiger partial charge in [-0.05, 0) is 0 Å². The van der Waals surface area contributed by atoms with E-state index in [1.807, 2.05) is 0 Å². The molecule has 2 rings (SSSR count). The molecule has 11 nitrogen and oxygen atoms in total. The van der Waals surface area contributed by atoms with Crippen LogP contribution in [0.2, 0.25) is 0 Å². The third-order valence-corrected chi connectivity index (χ3v) is 3.19. The normalized spacial score (nSPS) is 10.4. The van der Waals surface area contributed by atoms with Gasteiger partial charge in [-0.15, -0.1) is 10.2 Å². The van der Waals surface area contributed by atoms with Crippen molar-refractivity contribution < 1.29 is 14.8 Å². The average molecular weight is 321 g/mol. The van der Waals surface area contributed by atoms with Crippen LogP contribution in [0.25, 0.3) is 0 Å². The number of aromatic carboxylic acids is 1. The third kappa shape index (κ3) is 3.17. The van der Waals surface area contributed by atoms with Crippen LogP contribution in [0.4, 0.5) is 17.3 Å². The molecule has 0 radical (unpaired) electrons. The summed E-state index contributed by atoms with van der Waals surface area (Å²) in [5.41, 5.74) is -0.666. The highest BCUT2D eigenvalue weighted by Gasteiger charge is 2.25. The summed E-state index contributed by atoms with van der Waals surface area (Å²) in [6.07, 6.45) is 1.52. The van der Waals surface area contributed by atoms with E-state index in [1.54, 1.807) is 18.7 Å². The van der Waals surface area contributed by atoms with Gasteiger partial charge in [-0.2, -0.15) is 0 Å². The minimum absolute atomic E-state index is 0.0141. The fraction of sp³-hybridized carbons (Fsp3) is 0.333. The Labute approximate surface area is 130 Å². The lowest BCUT2D eigenvalue weighted by Crippen LogP contribution is -2.23. The second-order valence-corrected chi connectivity index (χ2v) is 4.75. The molecule has 0 unspecified atom stereocenters. The van der Waals surface area contributed by atoms with Crippen molar-refractivity contribution in [2.45, 2.75) is 6.54 Å². The molecule has 0 aliphatic carbocycles. The van der Waals surface area contributed by atoms with Gasteiger partial charge >= 0.3 is 11.7 Å². The Hall–Kier alpha value is -3.24. The maximum Gasteiger partial charge on any atom is 0.339 e. The molecule has 0 aliphatic rings. The molecular weight excluding hydrogens is 306 g/mol. The van der Waals surface area contributed by atoms with Crippen LogP contribution in [-0.4, -0.2) is 49.8 Å². The summed E-state index contributed by atoms with van der Waals surface area (Å²) in [5.74, 6) is -0.631. The SMILES string of the molecule is CNc1nc(N(C)Cc2nncn2C)c(C(=O)O)cc1[N+](=O)[O-]. The van der Waals surface area contributed by atoms with Crippen LogP contribution in [0.1, 0.15) is 16.2 Å². The first-order valence-electron chi connectivity index (χ1n) is 6.49. The average Bonchev–Trinajstić information content (AvgIpc) is 2.90. The van der Waals surface area contributed by atoms with E-state index < -0.39 is 16.6 Å². The lowest BCUT2D eigenvalue weighted by atomic mass is 10.2. The van der Waals surface area contributed by atoms with Crippen LogP contribution in [-0.2, 0) is 13.6 Å². The number of aryl methyl sites for hydroxylation is 1. The fourth-order valence-electron chi connectivity index (χ4n) is 2.00. The van der Waals surface area contributed by atoms with Crippen molar-refractivity contribution in [1.82, 2.24) is 19.7 Å². The molecule has 0 aromatic carbocycles. The number of anilines is 2. The maximum absolute atomic E-state index is 11.4. The van der Waals surface area contributed by atoms with Crippen molar-refractivity contribution in [3.8, 4) is 0 Å². The largest absolute Gasteiger partial charge is 0.478 e. The monoisotopic (exact) mass is 321 g/mol. The number of nitro groups is 1. The Morgan fingerprint density at radius 3 is 2.74 bits per heavy atom. The van der Waals surface area contributed by atoms with Crippen molar-refractivity contribution in [3.63, 3.8) is 0 Å². The number of carbonyl (C=O) groups is 1. The highest BCUT2D eigenvalue weighted by molar-refractivity contribution is 5.95. The van der Waals surface area contributed by atoms with E-state index in [-0.39, 0.29) is 23.7 Å². The predicted octanol–water partition coefficient (Wildman–Crippen LogP) is 0.495. The van der Waals surface area contributed by atoms with Crippen LogP contribution in [0.15, 0.2) is 12.4 Å². The van der Waals surface area contributed by atoms with Crippen molar-refractivity contribution in [3.05, 3.63) is 33.9 Å². The molecule has 11 heteroatoms. The summed E-state index contributed by atoms with van der Waals surface area (Å²) in [6, 6.07) is 0.990. The number of aromatic nitrogens is 4. The van der Waals surface area contributed by atoms with Crippen LogP contribution in [0.3, 0.4) is 0 Å².